The highest BCUT2D eigenvalue weighted by Crippen LogP contribution is 2.17. The van der Waals surface area contributed by atoms with Crippen molar-refractivity contribution in [1.82, 2.24) is 9.78 Å². The SMILES string of the molecule is Cc1nn(C)c(C)c1CCC(=O)Nc1cccc(NC(N)=O)c1. The van der Waals surface area contributed by atoms with Crippen LogP contribution in [0.5, 0.6) is 0 Å². The van der Waals surface area contributed by atoms with Crippen LogP contribution in [0.15, 0.2) is 24.3 Å². The van der Waals surface area contributed by atoms with E-state index in [4.69, 9.17) is 5.73 Å². The van der Waals surface area contributed by atoms with Crippen molar-refractivity contribution in [3.05, 3.63) is 41.2 Å². The number of primary amides is 1. The third-order valence-electron chi connectivity index (χ3n) is 3.67. The number of carbonyl (C=O) groups is 2. The van der Waals surface area contributed by atoms with E-state index in [1.807, 2.05) is 25.6 Å². The van der Waals surface area contributed by atoms with Gasteiger partial charge in [0.1, 0.15) is 0 Å². The van der Waals surface area contributed by atoms with Crippen molar-refractivity contribution in [3.8, 4) is 0 Å². The van der Waals surface area contributed by atoms with Crippen molar-refractivity contribution in [3.63, 3.8) is 0 Å². The normalized spacial score (nSPS) is 10.4. The number of amides is 3. The van der Waals surface area contributed by atoms with Gasteiger partial charge >= 0.3 is 6.03 Å². The van der Waals surface area contributed by atoms with Crippen molar-refractivity contribution < 1.29 is 9.59 Å². The summed E-state index contributed by atoms with van der Waals surface area (Å²) in [5, 5.41) is 9.63. The number of aryl methyl sites for hydroxylation is 2. The summed E-state index contributed by atoms with van der Waals surface area (Å²) in [6.07, 6.45) is 0.997. The van der Waals surface area contributed by atoms with E-state index in [0.717, 1.165) is 17.0 Å². The molecule has 2 rings (SSSR count). The molecule has 7 nitrogen and oxygen atoms in total. The van der Waals surface area contributed by atoms with E-state index in [9.17, 15) is 9.59 Å². The average molecular weight is 315 g/mol. The molecule has 0 saturated heterocycles. The zero-order valence-electron chi connectivity index (χ0n) is 13.5. The Hall–Kier alpha value is -2.83. The quantitative estimate of drug-likeness (QED) is 0.787. The van der Waals surface area contributed by atoms with Gasteiger partial charge in [-0.25, -0.2) is 4.79 Å². The molecule has 3 amide bonds. The van der Waals surface area contributed by atoms with Gasteiger partial charge in [0.25, 0.3) is 0 Å². The fraction of sp³-hybridized carbons (Fsp3) is 0.312. The second kappa shape index (κ2) is 6.95. The maximum atomic E-state index is 12.1. The molecule has 1 heterocycles. The van der Waals surface area contributed by atoms with Crippen molar-refractivity contribution >= 4 is 23.3 Å². The van der Waals surface area contributed by atoms with Crippen molar-refractivity contribution in [2.45, 2.75) is 26.7 Å². The maximum absolute atomic E-state index is 12.1. The molecule has 4 N–H and O–H groups in total. The van der Waals surface area contributed by atoms with Crippen LogP contribution in [-0.4, -0.2) is 21.7 Å². The Morgan fingerprint density at radius 3 is 2.43 bits per heavy atom. The van der Waals surface area contributed by atoms with Crippen molar-refractivity contribution in [2.75, 3.05) is 10.6 Å². The number of urea groups is 1. The molecule has 0 aliphatic rings. The van der Waals surface area contributed by atoms with Crippen LogP contribution in [0.3, 0.4) is 0 Å². The molecular formula is C16H21N5O2. The number of rotatable bonds is 5. The van der Waals surface area contributed by atoms with Gasteiger partial charge in [0.05, 0.1) is 5.69 Å². The van der Waals surface area contributed by atoms with Crippen molar-refractivity contribution in [1.29, 1.82) is 0 Å². The first-order chi connectivity index (χ1) is 10.9. The summed E-state index contributed by atoms with van der Waals surface area (Å²) in [5.41, 5.74) is 9.35. The number of aromatic nitrogens is 2. The number of anilines is 2. The van der Waals surface area contributed by atoms with E-state index < -0.39 is 6.03 Å². The Morgan fingerprint density at radius 1 is 1.22 bits per heavy atom. The highest BCUT2D eigenvalue weighted by molar-refractivity contribution is 5.93. The van der Waals surface area contributed by atoms with E-state index >= 15 is 0 Å². The van der Waals surface area contributed by atoms with Crippen LogP contribution < -0.4 is 16.4 Å². The van der Waals surface area contributed by atoms with E-state index in [1.54, 1.807) is 24.3 Å². The third kappa shape index (κ3) is 4.32. The molecule has 23 heavy (non-hydrogen) atoms. The zero-order valence-corrected chi connectivity index (χ0v) is 13.5. The second-order valence-corrected chi connectivity index (χ2v) is 5.39. The largest absolute Gasteiger partial charge is 0.351 e. The van der Waals surface area contributed by atoms with Gasteiger partial charge in [0.15, 0.2) is 0 Å². The predicted molar refractivity (Wildman–Crippen MR) is 89.3 cm³/mol. The highest BCUT2D eigenvalue weighted by Gasteiger charge is 2.11. The first-order valence-electron chi connectivity index (χ1n) is 7.32. The summed E-state index contributed by atoms with van der Waals surface area (Å²) in [6, 6.07) is 6.20. The molecule has 0 aliphatic carbocycles. The molecule has 0 aliphatic heterocycles. The summed E-state index contributed by atoms with van der Waals surface area (Å²) >= 11 is 0. The lowest BCUT2D eigenvalue weighted by molar-refractivity contribution is -0.116. The van der Waals surface area contributed by atoms with Crippen molar-refractivity contribution in [2.24, 2.45) is 12.8 Å². The molecule has 1 aromatic heterocycles. The fourth-order valence-electron chi connectivity index (χ4n) is 2.46. The monoisotopic (exact) mass is 315 g/mol. The van der Waals surface area contributed by atoms with Crippen LogP contribution in [0.25, 0.3) is 0 Å². The van der Waals surface area contributed by atoms with Gasteiger partial charge in [-0.3, -0.25) is 9.48 Å². The number of hydrogen-bond donors (Lipinski definition) is 3. The summed E-state index contributed by atoms with van der Waals surface area (Å²) in [7, 11) is 1.89. The lowest BCUT2D eigenvalue weighted by Gasteiger charge is -2.08. The minimum Gasteiger partial charge on any atom is -0.351 e. The molecule has 0 fully saturated rings. The van der Waals surface area contributed by atoms with Gasteiger partial charge < -0.3 is 16.4 Å². The number of nitrogens with zero attached hydrogens (tertiary/aromatic N) is 2. The van der Waals surface area contributed by atoms with Gasteiger partial charge in [-0.15, -0.1) is 0 Å². The van der Waals surface area contributed by atoms with Crippen LogP contribution in [0.2, 0.25) is 0 Å². The number of nitrogens with one attached hydrogen (secondary N) is 2. The average Bonchev–Trinajstić information content (AvgIpc) is 2.70. The van der Waals surface area contributed by atoms with Gasteiger partial charge in [-0.05, 0) is 44.0 Å². The second-order valence-electron chi connectivity index (χ2n) is 5.39. The molecule has 0 radical (unpaired) electrons. The topological polar surface area (TPSA) is 102 Å². The maximum Gasteiger partial charge on any atom is 0.316 e. The first kappa shape index (κ1) is 16.5. The van der Waals surface area contributed by atoms with Gasteiger partial charge in [-0.2, -0.15) is 5.10 Å². The predicted octanol–water partition coefficient (Wildman–Crippen LogP) is 2.10. The molecule has 0 saturated carbocycles. The fourth-order valence-corrected chi connectivity index (χ4v) is 2.46. The van der Waals surface area contributed by atoms with E-state index in [2.05, 4.69) is 15.7 Å². The minimum atomic E-state index is -0.643. The summed E-state index contributed by atoms with van der Waals surface area (Å²) < 4.78 is 1.82. The van der Waals surface area contributed by atoms with Crippen LogP contribution in [-0.2, 0) is 18.3 Å². The molecule has 2 aromatic rings. The lowest BCUT2D eigenvalue weighted by atomic mass is 10.1. The molecule has 0 bridgehead atoms. The number of nitrogens with two attached hydrogens (primary N) is 1. The lowest BCUT2D eigenvalue weighted by Crippen LogP contribution is -2.19. The Kier molecular flexibility index (Phi) is 5.00. The first-order valence-corrected chi connectivity index (χ1v) is 7.32. The van der Waals surface area contributed by atoms with Gasteiger partial charge in [0.2, 0.25) is 5.91 Å². The molecule has 0 unspecified atom stereocenters. The summed E-state index contributed by atoms with van der Waals surface area (Å²) in [6.45, 7) is 3.94. The molecule has 0 spiro atoms. The zero-order chi connectivity index (χ0) is 17.0. The number of carbonyl (C=O) groups excluding carboxylic acids is 2. The van der Waals surface area contributed by atoms with Gasteiger partial charge in [0, 0.05) is 30.5 Å². The molecular weight excluding hydrogens is 294 g/mol. The minimum absolute atomic E-state index is 0.0936. The highest BCUT2D eigenvalue weighted by atomic mass is 16.2. The van der Waals surface area contributed by atoms with E-state index in [1.165, 1.54) is 0 Å². The van der Waals surface area contributed by atoms with E-state index in [-0.39, 0.29) is 5.91 Å². The molecule has 122 valence electrons. The Balaban J connectivity index is 1.96. The summed E-state index contributed by atoms with van der Waals surface area (Å²) in [4.78, 5) is 22.9. The Labute approximate surface area is 134 Å². The van der Waals surface area contributed by atoms with Gasteiger partial charge in [-0.1, -0.05) is 6.07 Å². The molecule has 1 aromatic carbocycles. The Bertz CT molecular complexity index is 736. The number of hydrogen-bond acceptors (Lipinski definition) is 3. The van der Waals surface area contributed by atoms with Crippen LogP contribution in [0, 0.1) is 13.8 Å². The number of benzene rings is 1. The smallest absolute Gasteiger partial charge is 0.316 e. The molecule has 0 atom stereocenters. The third-order valence-corrected chi connectivity index (χ3v) is 3.67. The van der Waals surface area contributed by atoms with E-state index in [0.29, 0.717) is 24.2 Å². The van der Waals surface area contributed by atoms with Crippen LogP contribution in [0.1, 0.15) is 23.4 Å². The summed E-state index contributed by atoms with van der Waals surface area (Å²) in [5.74, 6) is -0.0936. The van der Waals surface area contributed by atoms with Crippen LogP contribution >= 0.6 is 0 Å². The Morgan fingerprint density at radius 2 is 1.87 bits per heavy atom. The molecule has 7 heteroatoms. The van der Waals surface area contributed by atoms with Crippen LogP contribution in [0.4, 0.5) is 16.2 Å². The standard InChI is InChI=1S/C16H21N5O2/c1-10-14(11(2)21(3)20-10)7-8-15(22)18-12-5-4-6-13(9-12)19-16(17)23/h4-6,9H,7-8H2,1-3H3,(H,18,22)(H3,17,19,23).